The number of hydrogen-bond acceptors (Lipinski definition) is 7. The van der Waals surface area contributed by atoms with Gasteiger partial charge in [-0.15, -0.1) is 0 Å². The number of nitrogens with zero attached hydrogens (tertiary/aromatic N) is 3. The molecule has 0 saturated heterocycles. The van der Waals surface area contributed by atoms with E-state index in [2.05, 4.69) is 20.7 Å². The smallest absolute Gasteiger partial charge is 0.337 e. The van der Waals surface area contributed by atoms with Gasteiger partial charge in [0.05, 0.1) is 11.4 Å². The van der Waals surface area contributed by atoms with Gasteiger partial charge in [0.2, 0.25) is 0 Å². The highest BCUT2D eigenvalue weighted by molar-refractivity contribution is 7.79. The third-order valence-electron chi connectivity index (χ3n) is 3.94. The van der Waals surface area contributed by atoms with E-state index in [-0.39, 0.29) is 11.4 Å². The van der Waals surface area contributed by atoms with Gasteiger partial charge in [-0.1, -0.05) is 6.07 Å². The Morgan fingerprint density at radius 2 is 2.15 bits per heavy atom. The van der Waals surface area contributed by atoms with E-state index in [1.807, 2.05) is 19.1 Å². The number of hydrogen-bond donors (Lipinski definition) is 3. The van der Waals surface area contributed by atoms with E-state index < -0.39 is 17.0 Å². The van der Waals surface area contributed by atoms with Crippen LogP contribution in [0.1, 0.15) is 21.5 Å². The fourth-order valence-corrected chi connectivity index (χ4v) is 2.90. The second-order valence-corrected chi connectivity index (χ2v) is 6.55. The number of carboxylic acids is 1. The first kappa shape index (κ1) is 17.8. The Kier molecular flexibility index (Phi) is 4.87. The molecular weight excluding hydrogens is 358 g/mol. The quantitative estimate of drug-likeness (QED) is 0.559. The van der Waals surface area contributed by atoms with E-state index in [1.165, 1.54) is 17.0 Å². The third-order valence-corrected chi connectivity index (χ3v) is 4.32. The molecule has 0 aliphatic heterocycles. The summed E-state index contributed by atoms with van der Waals surface area (Å²) in [5.41, 5.74) is 3.49. The van der Waals surface area contributed by atoms with Crippen LogP contribution in [0.3, 0.4) is 0 Å². The van der Waals surface area contributed by atoms with Crippen molar-refractivity contribution < 1.29 is 18.7 Å². The van der Waals surface area contributed by atoms with Gasteiger partial charge in [-0.3, -0.25) is 4.21 Å². The fraction of sp³-hybridized carbons (Fsp3) is 0.188. The maximum absolute atomic E-state index is 11.3. The van der Waals surface area contributed by atoms with Crippen molar-refractivity contribution >= 4 is 39.8 Å². The molecule has 10 heteroatoms. The molecule has 0 amide bonds. The summed E-state index contributed by atoms with van der Waals surface area (Å²) < 4.78 is 23.0. The summed E-state index contributed by atoms with van der Waals surface area (Å²) in [6.45, 7) is 3.55. The molecule has 2 aromatic heterocycles. The molecule has 0 spiro atoms. The molecule has 0 aliphatic rings. The van der Waals surface area contributed by atoms with Gasteiger partial charge in [0.25, 0.3) is 0 Å². The van der Waals surface area contributed by atoms with Crippen molar-refractivity contribution in [2.45, 2.75) is 13.8 Å². The van der Waals surface area contributed by atoms with Crippen molar-refractivity contribution in [3.8, 4) is 0 Å². The van der Waals surface area contributed by atoms with Crippen LogP contribution in [-0.2, 0) is 11.1 Å². The van der Waals surface area contributed by atoms with Gasteiger partial charge in [0, 0.05) is 17.6 Å². The Labute approximate surface area is 151 Å². The van der Waals surface area contributed by atoms with Crippen molar-refractivity contribution in [2.75, 3.05) is 16.5 Å². The lowest BCUT2D eigenvalue weighted by atomic mass is 10.1. The Bertz CT molecular complexity index is 1020. The van der Waals surface area contributed by atoms with Gasteiger partial charge in [-0.2, -0.15) is 5.10 Å². The predicted molar refractivity (Wildman–Crippen MR) is 96.6 cm³/mol. The minimum atomic E-state index is -2.20. The molecule has 0 fully saturated rings. The summed E-state index contributed by atoms with van der Waals surface area (Å²) in [5.74, 6) is -0.777. The van der Waals surface area contributed by atoms with Crippen LogP contribution in [0.25, 0.3) is 5.52 Å². The molecule has 1 unspecified atom stereocenters. The Hall–Kier alpha value is -2.98. The van der Waals surface area contributed by atoms with Gasteiger partial charge in [0.1, 0.15) is 11.8 Å². The number of carboxylic acid groups (broad SMARTS) is 1. The summed E-state index contributed by atoms with van der Waals surface area (Å²) in [6, 6.07) is 5.42. The predicted octanol–water partition coefficient (Wildman–Crippen LogP) is 2.04. The van der Waals surface area contributed by atoms with Crippen LogP contribution >= 0.6 is 0 Å². The van der Waals surface area contributed by atoms with Crippen LogP contribution in [0.2, 0.25) is 0 Å². The number of carbonyl (C=O) groups is 1. The Morgan fingerprint density at radius 3 is 2.85 bits per heavy atom. The molecule has 3 rings (SSSR count). The molecule has 1 atom stereocenters. The zero-order chi connectivity index (χ0) is 18.8. The topological polar surface area (TPSA) is 132 Å². The molecule has 2 heterocycles. The molecular formula is C16H16N5O4S-. The van der Waals surface area contributed by atoms with Gasteiger partial charge in [0.15, 0.2) is 5.82 Å². The number of fused-ring (bicyclic) bond motifs is 1. The van der Waals surface area contributed by atoms with Crippen LogP contribution in [0.5, 0.6) is 0 Å². The highest BCUT2D eigenvalue weighted by atomic mass is 32.2. The minimum Gasteiger partial charge on any atom is -0.771 e. The largest absolute Gasteiger partial charge is 0.771 e. The van der Waals surface area contributed by atoms with Crippen molar-refractivity contribution in [1.82, 2.24) is 14.6 Å². The first-order valence-electron chi connectivity index (χ1n) is 7.60. The van der Waals surface area contributed by atoms with Crippen molar-refractivity contribution in [1.29, 1.82) is 0 Å². The average molecular weight is 374 g/mol. The number of benzene rings is 1. The van der Waals surface area contributed by atoms with Gasteiger partial charge in [-0.25, -0.2) is 14.3 Å². The Morgan fingerprint density at radius 1 is 1.38 bits per heavy atom. The summed E-state index contributed by atoms with van der Waals surface area (Å²) in [6.07, 6.45) is 2.76. The van der Waals surface area contributed by atoms with E-state index in [4.69, 9.17) is 0 Å². The molecule has 9 nitrogen and oxygen atoms in total. The standard InChI is InChI=1S/C16H17N5O4S/c1-9-3-4-11(5-13(9)18-8-26(24)25)20-15-14-10(2)12(16(22)23)6-21(14)19-7-17-15/h3-7,18H,8H2,1-2H3,(H,22,23)(H,24,25)(H,17,19,20)/p-1. The molecule has 0 aliphatic carbocycles. The minimum absolute atomic E-state index is 0.151. The zero-order valence-corrected chi connectivity index (χ0v) is 14.8. The van der Waals surface area contributed by atoms with Crippen LogP contribution in [0, 0.1) is 13.8 Å². The van der Waals surface area contributed by atoms with E-state index in [0.717, 1.165) is 5.56 Å². The first-order chi connectivity index (χ1) is 12.4. The van der Waals surface area contributed by atoms with Crippen molar-refractivity contribution in [2.24, 2.45) is 0 Å². The lowest BCUT2D eigenvalue weighted by molar-refractivity contribution is 0.0696. The lowest BCUT2D eigenvalue weighted by Crippen LogP contribution is -2.08. The van der Waals surface area contributed by atoms with E-state index in [9.17, 15) is 18.7 Å². The fourth-order valence-electron chi connectivity index (χ4n) is 2.63. The normalized spacial score (nSPS) is 12.1. The molecule has 3 N–H and O–H groups in total. The zero-order valence-electron chi connectivity index (χ0n) is 14.0. The van der Waals surface area contributed by atoms with Gasteiger partial charge >= 0.3 is 5.97 Å². The molecule has 0 saturated carbocycles. The number of nitrogens with one attached hydrogen (secondary N) is 2. The molecule has 3 aromatic rings. The van der Waals surface area contributed by atoms with Crippen LogP contribution in [0.4, 0.5) is 17.2 Å². The molecule has 0 radical (unpaired) electrons. The first-order valence-corrected chi connectivity index (χ1v) is 8.85. The number of anilines is 3. The lowest BCUT2D eigenvalue weighted by Gasteiger charge is -2.14. The summed E-state index contributed by atoms with van der Waals surface area (Å²) >= 11 is -2.20. The SMILES string of the molecule is Cc1ccc(Nc2ncnn3cc(C(=O)O)c(C)c23)cc1NCS(=O)[O-]. The molecule has 0 bridgehead atoms. The highest BCUT2D eigenvalue weighted by Crippen LogP contribution is 2.27. The van der Waals surface area contributed by atoms with Crippen molar-refractivity contribution in [3.63, 3.8) is 0 Å². The van der Waals surface area contributed by atoms with E-state index in [1.54, 1.807) is 13.0 Å². The third kappa shape index (κ3) is 3.51. The molecule has 136 valence electrons. The van der Waals surface area contributed by atoms with E-state index in [0.29, 0.717) is 28.3 Å². The number of aryl methyl sites for hydroxylation is 2. The van der Waals surface area contributed by atoms with Gasteiger partial charge in [-0.05, 0) is 48.2 Å². The maximum Gasteiger partial charge on any atom is 0.337 e. The number of aromatic carboxylic acids is 1. The van der Waals surface area contributed by atoms with Gasteiger partial charge < -0.3 is 20.3 Å². The van der Waals surface area contributed by atoms with Crippen LogP contribution < -0.4 is 10.6 Å². The average Bonchev–Trinajstić information content (AvgIpc) is 2.93. The summed E-state index contributed by atoms with van der Waals surface area (Å²) in [7, 11) is 0. The maximum atomic E-state index is 11.3. The Balaban J connectivity index is 1.98. The van der Waals surface area contributed by atoms with Crippen molar-refractivity contribution in [3.05, 3.63) is 47.4 Å². The summed E-state index contributed by atoms with van der Waals surface area (Å²) in [5, 5.41) is 19.3. The molecule has 26 heavy (non-hydrogen) atoms. The van der Waals surface area contributed by atoms with Crippen LogP contribution in [0.15, 0.2) is 30.7 Å². The summed E-state index contributed by atoms with van der Waals surface area (Å²) in [4.78, 5) is 15.5. The second kappa shape index (κ2) is 7.10. The number of aromatic nitrogens is 3. The van der Waals surface area contributed by atoms with Crippen LogP contribution in [-0.4, -0.2) is 40.3 Å². The monoisotopic (exact) mass is 374 g/mol. The molecule has 1 aromatic carbocycles. The highest BCUT2D eigenvalue weighted by Gasteiger charge is 2.17. The van der Waals surface area contributed by atoms with E-state index >= 15 is 0 Å². The number of rotatable bonds is 6. The second-order valence-electron chi connectivity index (χ2n) is 5.65.